The van der Waals surface area contributed by atoms with Crippen molar-refractivity contribution in [2.45, 2.75) is 0 Å². The monoisotopic (exact) mass is 321 g/mol. The quantitative estimate of drug-likeness (QED) is 0.810. The molecule has 5 heteroatoms. The van der Waals surface area contributed by atoms with Crippen molar-refractivity contribution in [3.63, 3.8) is 0 Å². The molecule has 0 fully saturated rings. The zero-order chi connectivity index (χ0) is 13.1. The van der Waals surface area contributed by atoms with Gasteiger partial charge >= 0.3 is 0 Å². The number of nitrogens with one attached hydrogen (secondary N) is 1. The summed E-state index contributed by atoms with van der Waals surface area (Å²) in [7, 11) is 0. The van der Waals surface area contributed by atoms with Crippen LogP contribution in [0, 0.1) is 11.3 Å². The van der Waals surface area contributed by atoms with Crippen LogP contribution in [-0.4, -0.2) is 0 Å². The number of para-hydroxylation sites is 1. The summed E-state index contributed by atoms with van der Waals surface area (Å²) in [6, 6.07) is 12.8. The number of rotatable bonds is 2. The number of halogens is 2. The van der Waals surface area contributed by atoms with Gasteiger partial charge in [-0.25, -0.2) is 0 Å². The Labute approximate surface area is 118 Å². The minimum absolute atomic E-state index is 0.461. The van der Waals surface area contributed by atoms with Crippen LogP contribution in [0.2, 0.25) is 5.02 Å². The second-order valence-electron chi connectivity index (χ2n) is 3.63. The highest BCUT2D eigenvalue weighted by Gasteiger charge is 2.07. The summed E-state index contributed by atoms with van der Waals surface area (Å²) in [6.45, 7) is 0. The molecule has 0 aromatic heterocycles. The molecule has 0 bridgehead atoms. The van der Waals surface area contributed by atoms with Gasteiger partial charge in [-0.1, -0.05) is 33.6 Å². The number of nitrogens with two attached hydrogens (primary N) is 1. The van der Waals surface area contributed by atoms with Gasteiger partial charge in [-0.15, -0.1) is 0 Å². The molecule has 0 heterocycles. The fourth-order valence-electron chi connectivity index (χ4n) is 1.51. The van der Waals surface area contributed by atoms with E-state index in [1.807, 2.05) is 18.2 Å². The standard InChI is InChI=1S/C13H9BrClN3/c14-9-5-4-8(7-16)12(6-9)18-11-3-1-2-10(15)13(11)17/h1-6,18H,17H2. The average molecular weight is 323 g/mol. The molecule has 0 aliphatic rings. The zero-order valence-electron chi connectivity index (χ0n) is 9.24. The van der Waals surface area contributed by atoms with Gasteiger partial charge in [0, 0.05) is 4.47 Å². The van der Waals surface area contributed by atoms with Crippen molar-refractivity contribution in [3.05, 3.63) is 51.5 Å². The molecule has 0 spiro atoms. The minimum atomic E-state index is 0.461. The molecule has 3 nitrogen and oxygen atoms in total. The van der Waals surface area contributed by atoms with E-state index in [9.17, 15) is 0 Å². The van der Waals surface area contributed by atoms with Crippen molar-refractivity contribution >= 4 is 44.6 Å². The highest BCUT2D eigenvalue weighted by atomic mass is 79.9. The first-order valence-electron chi connectivity index (χ1n) is 5.12. The predicted molar refractivity (Wildman–Crippen MR) is 78.0 cm³/mol. The van der Waals surface area contributed by atoms with E-state index >= 15 is 0 Å². The first-order chi connectivity index (χ1) is 8.61. The molecule has 0 amide bonds. The van der Waals surface area contributed by atoms with Crippen LogP contribution in [-0.2, 0) is 0 Å². The SMILES string of the molecule is N#Cc1ccc(Br)cc1Nc1cccc(Cl)c1N. The third-order valence-electron chi connectivity index (χ3n) is 2.42. The maximum Gasteiger partial charge on any atom is 0.101 e. The third-order valence-corrected chi connectivity index (χ3v) is 3.25. The van der Waals surface area contributed by atoms with Crippen LogP contribution < -0.4 is 11.1 Å². The van der Waals surface area contributed by atoms with Gasteiger partial charge in [0.1, 0.15) is 6.07 Å². The molecule has 0 atom stereocenters. The van der Waals surface area contributed by atoms with Crippen LogP contribution >= 0.6 is 27.5 Å². The van der Waals surface area contributed by atoms with Gasteiger partial charge < -0.3 is 11.1 Å². The molecule has 18 heavy (non-hydrogen) atoms. The Kier molecular flexibility index (Phi) is 3.75. The van der Waals surface area contributed by atoms with E-state index < -0.39 is 0 Å². The molecule has 90 valence electrons. The van der Waals surface area contributed by atoms with E-state index in [-0.39, 0.29) is 0 Å². The Morgan fingerprint density at radius 2 is 2.00 bits per heavy atom. The van der Waals surface area contributed by atoms with Crippen molar-refractivity contribution in [1.82, 2.24) is 0 Å². The van der Waals surface area contributed by atoms with Crippen molar-refractivity contribution < 1.29 is 0 Å². The molecule has 0 aliphatic carbocycles. The highest BCUT2D eigenvalue weighted by Crippen LogP contribution is 2.31. The molecular formula is C13H9BrClN3. The minimum Gasteiger partial charge on any atom is -0.396 e. The summed E-state index contributed by atoms with van der Waals surface area (Å²) in [5.41, 5.74) is 8.23. The van der Waals surface area contributed by atoms with E-state index in [4.69, 9.17) is 22.6 Å². The fraction of sp³-hybridized carbons (Fsp3) is 0. The van der Waals surface area contributed by atoms with E-state index in [2.05, 4.69) is 27.3 Å². The highest BCUT2D eigenvalue weighted by molar-refractivity contribution is 9.10. The van der Waals surface area contributed by atoms with Gasteiger partial charge in [0.25, 0.3) is 0 Å². The van der Waals surface area contributed by atoms with Crippen molar-refractivity contribution in [3.8, 4) is 6.07 Å². The number of nitrogen functional groups attached to an aromatic ring is 1. The summed E-state index contributed by atoms with van der Waals surface area (Å²) < 4.78 is 0.879. The van der Waals surface area contributed by atoms with Gasteiger partial charge in [-0.3, -0.25) is 0 Å². The van der Waals surface area contributed by atoms with Gasteiger partial charge in [0.05, 0.1) is 27.6 Å². The summed E-state index contributed by atoms with van der Waals surface area (Å²) in [5, 5.41) is 12.6. The van der Waals surface area contributed by atoms with Crippen LogP contribution in [0.3, 0.4) is 0 Å². The molecule has 0 saturated heterocycles. The number of anilines is 3. The van der Waals surface area contributed by atoms with E-state index in [0.29, 0.717) is 27.6 Å². The average Bonchev–Trinajstić information content (AvgIpc) is 2.35. The Hall–Kier alpha value is -1.70. The van der Waals surface area contributed by atoms with E-state index in [1.165, 1.54) is 0 Å². The van der Waals surface area contributed by atoms with Gasteiger partial charge in [0.2, 0.25) is 0 Å². The third kappa shape index (κ3) is 2.58. The molecule has 0 aliphatic heterocycles. The topological polar surface area (TPSA) is 61.8 Å². The van der Waals surface area contributed by atoms with Crippen LogP contribution in [0.1, 0.15) is 5.56 Å². The molecular weight excluding hydrogens is 314 g/mol. The lowest BCUT2D eigenvalue weighted by Crippen LogP contribution is -1.98. The summed E-state index contributed by atoms with van der Waals surface area (Å²) in [5.74, 6) is 0. The smallest absolute Gasteiger partial charge is 0.101 e. The number of benzene rings is 2. The lowest BCUT2D eigenvalue weighted by Gasteiger charge is -2.11. The van der Waals surface area contributed by atoms with Crippen LogP contribution in [0.5, 0.6) is 0 Å². The Morgan fingerprint density at radius 1 is 1.22 bits per heavy atom. The first kappa shape index (κ1) is 12.7. The van der Waals surface area contributed by atoms with Gasteiger partial charge in [0.15, 0.2) is 0 Å². The van der Waals surface area contributed by atoms with Crippen molar-refractivity contribution in [1.29, 1.82) is 5.26 Å². The van der Waals surface area contributed by atoms with Crippen molar-refractivity contribution in [2.24, 2.45) is 0 Å². The first-order valence-corrected chi connectivity index (χ1v) is 6.29. The molecule has 2 aromatic carbocycles. The van der Waals surface area contributed by atoms with Crippen LogP contribution in [0.25, 0.3) is 0 Å². The largest absolute Gasteiger partial charge is 0.396 e. The summed E-state index contributed by atoms with van der Waals surface area (Å²) in [4.78, 5) is 0. The molecule has 0 saturated carbocycles. The predicted octanol–water partition coefficient (Wildman–Crippen LogP) is 4.30. The number of nitriles is 1. The fourth-order valence-corrected chi connectivity index (χ4v) is 2.04. The molecule has 0 radical (unpaired) electrons. The lowest BCUT2D eigenvalue weighted by atomic mass is 10.2. The Balaban J connectivity index is 2.43. The van der Waals surface area contributed by atoms with E-state index in [1.54, 1.807) is 18.2 Å². The Bertz CT molecular complexity index is 635. The maximum atomic E-state index is 9.05. The number of hydrogen-bond acceptors (Lipinski definition) is 3. The second-order valence-corrected chi connectivity index (χ2v) is 4.95. The summed E-state index contributed by atoms with van der Waals surface area (Å²) >= 11 is 9.31. The molecule has 2 aromatic rings. The molecule has 0 unspecified atom stereocenters. The normalized spacial score (nSPS) is 9.83. The van der Waals surface area contributed by atoms with Gasteiger partial charge in [-0.05, 0) is 30.3 Å². The van der Waals surface area contributed by atoms with Crippen LogP contribution in [0.4, 0.5) is 17.1 Å². The molecule has 3 N–H and O–H groups in total. The molecule has 2 rings (SSSR count). The van der Waals surface area contributed by atoms with Gasteiger partial charge in [-0.2, -0.15) is 5.26 Å². The number of hydrogen-bond donors (Lipinski definition) is 2. The van der Waals surface area contributed by atoms with Crippen LogP contribution in [0.15, 0.2) is 40.9 Å². The summed E-state index contributed by atoms with van der Waals surface area (Å²) in [6.07, 6.45) is 0. The maximum absolute atomic E-state index is 9.05. The lowest BCUT2D eigenvalue weighted by molar-refractivity contribution is 1.45. The number of nitrogens with zero attached hydrogens (tertiary/aromatic N) is 1. The Morgan fingerprint density at radius 3 is 2.72 bits per heavy atom. The second kappa shape index (κ2) is 5.30. The van der Waals surface area contributed by atoms with E-state index in [0.717, 1.165) is 4.47 Å². The van der Waals surface area contributed by atoms with Crippen molar-refractivity contribution in [2.75, 3.05) is 11.1 Å². The zero-order valence-corrected chi connectivity index (χ0v) is 11.6.